The van der Waals surface area contributed by atoms with Gasteiger partial charge in [-0.1, -0.05) is 36.4 Å². The number of amides is 1. The maximum absolute atomic E-state index is 11.6. The van der Waals surface area contributed by atoms with Crippen molar-refractivity contribution in [1.29, 1.82) is 0 Å². The zero-order chi connectivity index (χ0) is 14.6. The highest BCUT2D eigenvalue weighted by Gasteiger charge is 2.16. The molecule has 0 saturated carbocycles. The smallest absolute Gasteiger partial charge is 0.412 e. The molecule has 3 heteroatoms. The largest absolute Gasteiger partial charge is 0.444 e. The second-order valence-corrected chi connectivity index (χ2v) is 5.49. The van der Waals surface area contributed by atoms with Crippen LogP contribution in [0.2, 0.25) is 0 Å². The number of nitrogens with one attached hydrogen (secondary N) is 1. The van der Waals surface area contributed by atoms with Crippen molar-refractivity contribution >= 4 is 11.8 Å². The minimum absolute atomic E-state index is 0.445. The Kier molecular flexibility index (Phi) is 4.08. The molecule has 103 valence electrons. The lowest BCUT2D eigenvalue weighted by atomic mass is 10.1. The van der Waals surface area contributed by atoms with Gasteiger partial charge in [0.15, 0.2) is 0 Å². The molecule has 0 bridgehead atoms. The molecule has 0 heterocycles. The van der Waals surface area contributed by atoms with E-state index in [1.54, 1.807) is 0 Å². The molecule has 0 atom stereocenters. The summed E-state index contributed by atoms with van der Waals surface area (Å²) in [4.78, 5) is 11.6. The average molecular weight is 268 g/mol. The summed E-state index contributed by atoms with van der Waals surface area (Å²) in [7, 11) is 0. The maximum Gasteiger partial charge on any atom is 0.412 e. The number of carbonyl (C=O) groups is 1. The van der Waals surface area contributed by atoms with Gasteiger partial charge in [0.25, 0.3) is 0 Å². The molecular formula is C17H18NO2. The number of carbonyl (C=O) groups excluding carboxylic acids is 1. The van der Waals surface area contributed by atoms with Crippen LogP contribution in [-0.4, -0.2) is 11.7 Å². The lowest BCUT2D eigenvalue weighted by Crippen LogP contribution is -2.27. The molecule has 0 aliphatic carbocycles. The molecule has 0 aliphatic heterocycles. The Labute approximate surface area is 119 Å². The normalized spacial score (nSPS) is 10.9. The molecular weight excluding hydrogens is 250 g/mol. The van der Waals surface area contributed by atoms with E-state index < -0.39 is 11.7 Å². The first kappa shape index (κ1) is 14.1. The second kappa shape index (κ2) is 5.78. The second-order valence-electron chi connectivity index (χ2n) is 5.49. The Balaban J connectivity index is 2.04. The first-order valence-electron chi connectivity index (χ1n) is 6.51. The van der Waals surface area contributed by atoms with Crippen LogP contribution in [0.25, 0.3) is 11.1 Å². The van der Waals surface area contributed by atoms with Gasteiger partial charge < -0.3 is 4.74 Å². The molecule has 0 aromatic heterocycles. The van der Waals surface area contributed by atoms with E-state index in [0.717, 1.165) is 11.1 Å². The fraction of sp³-hybridized carbons (Fsp3) is 0.235. The molecule has 0 spiro atoms. The summed E-state index contributed by atoms with van der Waals surface area (Å²) in [6, 6.07) is 18.4. The number of rotatable bonds is 2. The van der Waals surface area contributed by atoms with E-state index in [2.05, 4.69) is 11.4 Å². The number of anilines is 1. The standard InChI is InChI=1S/C17H18NO2/c1-17(2,3)20-16(19)18-15-11-9-14(10-12-15)13-7-5-4-6-8-13/h5-12H,1-3H3,(H,18,19). The number of benzene rings is 2. The number of hydrogen-bond acceptors (Lipinski definition) is 2. The molecule has 2 aromatic rings. The lowest BCUT2D eigenvalue weighted by molar-refractivity contribution is 0.0636. The Hall–Kier alpha value is -2.29. The van der Waals surface area contributed by atoms with E-state index in [9.17, 15) is 4.79 Å². The molecule has 1 amide bonds. The third kappa shape index (κ3) is 4.12. The highest BCUT2D eigenvalue weighted by molar-refractivity contribution is 5.85. The molecule has 0 saturated heterocycles. The first-order chi connectivity index (χ1) is 9.44. The number of hydrogen-bond donors (Lipinski definition) is 1. The predicted octanol–water partition coefficient (Wildman–Crippen LogP) is 4.50. The van der Waals surface area contributed by atoms with Crippen LogP contribution >= 0.6 is 0 Å². The van der Waals surface area contributed by atoms with Crippen molar-refractivity contribution in [3.8, 4) is 11.1 Å². The van der Waals surface area contributed by atoms with Crippen LogP contribution in [0.5, 0.6) is 0 Å². The summed E-state index contributed by atoms with van der Waals surface area (Å²) in [5.41, 5.74) is 2.43. The van der Waals surface area contributed by atoms with Crippen molar-refractivity contribution in [2.24, 2.45) is 0 Å². The van der Waals surface area contributed by atoms with Crippen molar-refractivity contribution in [1.82, 2.24) is 0 Å². The van der Waals surface area contributed by atoms with Gasteiger partial charge >= 0.3 is 6.09 Å². The number of ether oxygens (including phenoxy) is 1. The first-order valence-corrected chi connectivity index (χ1v) is 6.51. The van der Waals surface area contributed by atoms with Crippen LogP contribution < -0.4 is 5.32 Å². The van der Waals surface area contributed by atoms with E-state index in [1.807, 2.05) is 69.3 Å². The van der Waals surface area contributed by atoms with E-state index in [-0.39, 0.29) is 0 Å². The zero-order valence-electron chi connectivity index (χ0n) is 11.9. The van der Waals surface area contributed by atoms with Gasteiger partial charge in [-0.05, 0) is 50.1 Å². The van der Waals surface area contributed by atoms with Gasteiger partial charge in [-0.15, -0.1) is 0 Å². The minimum Gasteiger partial charge on any atom is -0.444 e. The highest BCUT2D eigenvalue weighted by Crippen LogP contribution is 2.21. The zero-order valence-corrected chi connectivity index (χ0v) is 11.9. The molecule has 20 heavy (non-hydrogen) atoms. The molecule has 0 unspecified atom stereocenters. The van der Waals surface area contributed by atoms with E-state index >= 15 is 0 Å². The van der Waals surface area contributed by atoms with Gasteiger partial charge in [0.1, 0.15) is 5.60 Å². The van der Waals surface area contributed by atoms with Gasteiger partial charge in [0.2, 0.25) is 0 Å². The summed E-state index contributed by atoms with van der Waals surface area (Å²) < 4.78 is 5.20. The molecule has 2 aromatic carbocycles. The summed E-state index contributed by atoms with van der Waals surface area (Å²) in [5.74, 6) is 0. The third-order valence-corrected chi connectivity index (χ3v) is 2.58. The lowest BCUT2D eigenvalue weighted by Gasteiger charge is -2.19. The van der Waals surface area contributed by atoms with Crippen molar-refractivity contribution in [2.75, 3.05) is 5.32 Å². The van der Waals surface area contributed by atoms with Gasteiger partial charge in [-0.2, -0.15) is 0 Å². The summed E-state index contributed by atoms with van der Waals surface area (Å²) in [5, 5.41) is 2.71. The Morgan fingerprint density at radius 3 is 2.10 bits per heavy atom. The Morgan fingerprint density at radius 2 is 1.55 bits per heavy atom. The van der Waals surface area contributed by atoms with Crippen LogP contribution in [0.3, 0.4) is 0 Å². The van der Waals surface area contributed by atoms with Crippen LogP contribution in [-0.2, 0) is 4.74 Å². The van der Waals surface area contributed by atoms with Gasteiger partial charge in [0.05, 0.1) is 0 Å². The Bertz CT molecular complexity index is 568. The predicted molar refractivity (Wildman–Crippen MR) is 80.6 cm³/mol. The fourth-order valence-corrected chi connectivity index (χ4v) is 1.75. The van der Waals surface area contributed by atoms with Crippen molar-refractivity contribution in [3.63, 3.8) is 0 Å². The maximum atomic E-state index is 11.6. The average Bonchev–Trinajstić information content (AvgIpc) is 2.38. The summed E-state index contributed by atoms with van der Waals surface area (Å²) in [6.07, 6.45) is -0.445. The molecule has 3 nitrogen and oxygen atoms in total. The topological polar surface area (TPSA) is 38.3 Å². The van der Waals surface area contributed by atoms with E-state index in [0.29, 0.717) is 5.69 Å². The van der Waals surface area contributed by atoms with Crippen molar-refractivity contribution in [2.45, 2.75) is 26.4 Å². The Morgan fingerprint density at radius 1 is 1.00 bits per heavy atom. The van der Waals surface area contributed by atoms with Gasteiger partial charge in [-0.3, -0.25) is 5.32 Å². The van der Waals surface area contributed by atoms with E-state index in [1.165, 1.54) is 0 Å². The fourth-order valence-electron chi connectivity index (χ4n) is 1.75. The minimum atomic E-state index is -0.495. The monoisotopic (exact) mass is 268 g/mol. The quantitative estimate of drug-likeness (QED) is 0.870. The van der Waals surface area contributed by atoms with Gasteiger partial charge in [-0.25, -0.2) is 4.79 Å². The molecule has 1 radical (unpaired) electrons. The van der Waals surface area contributed by atoms with Crippen LogP contribution in [0.1, 0.15) is 20.8 Å². The van der Waals surface area contributed by atoms with Gasteiger partial charge in [0, 0.05) is 5.69 Å². The van der Waals surface area contributed by atoms with Crippen LogP contribution in [0.15, 0.2) is 48.5 Å². The highest BCUT2D eigenvalue weighted by atomic mass is 16.6. The SMILES string of the molecule is CC(C)(C)OC(=O)Nc1ccc(-c2cc[c]cc2)cc1. The van der Waals surface area contributed by atoms with E-state index in [4.69, 9.17) is 4.74 Å². The summed E-state index contributed by atoms with van der Waals surface area (Å²) in [6.45, 7) is 5.51. The van der Waals surface area contributed by atoms with Crippen molar-refractivity contribution < 1.29 is 9.53 Å². The third-order valence-electron chi connectivity index (χ3n) is 2.58. The molecule has 2 rings (SSSR count). The van der Waals surface area contributed by atoms with Crippen LogP contribution in [0.4, 0.5) is 10.5 Å². The molecule has 0 fully saturated rings. The summed E-state index contributed by atoms with van der Waals surface area (Å²) >= 11 is 0. The molecule has 1 N–H and O–H groups in total. The van der Waals surface area contributed by atoms with Crippen LogP contribution in [0, 0.1) is 6.07 Å². The van der Waals surface area contributed by atoms with Crippen molar-refractivity contribution in [3.05, 3.63) is 54.6 Å². The molecule has 0 aliphatic rings.